The predicted molar refractivity (Wildman–Crippen MR) is 68.6 cm³/mol. The van der Waals surface area contributed by atoms with Crippen LogP contribution in [0.2, 0.25) is 0 Å². The molecule has 0 aromatic carbocycles. The van der Waals surface area contributed by atoms with E-state index in [2.05, 4.69) is 12.2 Å². The summed E-state index contributed by atoms with van der Waals surface area (Å²) < 4.78 is 10.7. The number of piperazine rings is 1. The van der Waals surface area contributed by atoms with Crippen LogP contribution in [0.25, 0.3) is 0 Å². The molecule has 18 heavy (non-hydrogen) atoms. The summed E-state index contributed by atoms with van der Waals surface area (Å²) in [5, 5.41) is 3.40. The quantitative estimate of drug-likeness (QED) is 0.755. The van der Waals surface area contributed by atoms with Crippen molar-refractivity contribution in [2.24, 2.45) is 0 Å². The van der Waals surface area contributed by atoms with Crippen LogP contribution in [-0.4, -0.2) is 56.0 Å². The number of carbonyl (C=O) groups is 1. The van der Waals surface area contributed by atoms with Crippen LogP contribution in [0.4, 0.5) is 4.79 Å². The van der Waals surface area contributed by atoms with Crippen LogP contribution in [0.15, 0.2) is 0 Å². The van der Waals surface area contributed by atoms with Crippen LogP contribution < -0.4 is 5.32 Å². The molecule has 0 aromatic heterocycles. The third-order valence-corrected chi connectivity index (χ3v) is 3.99. The van der Waals surface area contributed by atoms with Gasteiger partial charge in [0, 0.05) is 26.2 Å². The molecule has 2 heterocycles. The third-order valence-electron chi connectivity index (χ3n) is 3.99. The lowest BCUT2D eigenvalue weighted by Gasteiger charge is -2.43. The molecule has 2 bridgehead atoms. The highest BCUT2D eigenvalue weighted by molar-refractivity contribution is 5.70. The Bertz CT molecular complexity index is 288. The Labute approximate surface area is 109 Å². The molecule has 2 aliphatic rings. The summed E-state index contributed by atoms with van der Waals surface area (Å²) in [7, 11) is 1.69. The second kappa shape index (κ2) is 5.89. The van der Waals surface area contributed by atoms with Crippen LogP contribution >= 0.6 is 0 Å². The Morgan fingerprint density at radius 2 is 2.39 bits per heavy atom. The van der Waals surface area contributed by atoms with Crippen LogP contribution in [0.5, 0.6) is 0 Å². The molecule has 2 fully saturated rings. The second-order valence-corrected chi connectivity index (χ2v) is 5.32. The van der Waals surface area contributed by atoms with Gasteiger partial charge in [-0.3, -0.25) is 4.90 Å². The van der Waals surface area contributed by atoms with Crippen molar-refractivity contribution in [3.8, 4) is 0 Å². The summed E-state index contributed by atoms with van der Waals surface area (Å²) in [5.74, 6) is 0. The fraction of sp³-hybridized carbons (Fsp3) is 0.923. The first kappa shape index (κ1) is 13.6. The molecule has 0 spiro atoms. The first-order chi connectivity index (χ1) is 8.73. The van der Waals surface area contributed by atoms with Crippen molar-refractivity contribution in [2.45, 2.75) is 44.2 Å². The molecule has 2 saturated heterocycles. The molecule has 5 nitrogen and oxygen atoms in total. The van der Waals surface area contributed by atoms with Gasteiger partial charge in [0.05, 0.1) is 18.8 Å². The Morgan fingerprint density at radius 1 is 1.56 bits per heavy atom. The zero-order valence-electron chi connectivity index (χ0n) is 11.4. The number of methoxy groups -OCH3 is 1. The average molecular weight is 256 g/mol. The topological polar surface area (TPSA) is 50.8 Å². The number of amides is 1. The van der Waals surface area contributed by atoms with E-state index in [9.17, 15) is 4.79 Å². The number of nitrogens with one attached hydrogen (secondary N) is 1. The van der Waals surface area contributed by atoms with Crippen LogP contribution in [0.1, 0.15) is 32.6 Å². The van der Waals surface area contributed by atoms with E-state index in [0.717, 1.165) is 38.8 Å². The second-order valence-electron chi connectivity index (χ2n) is 5.32. The Hall–Kier alpha value is -0.810. The molecule has 2 unspecified atom stereocenters. The number of nitrogens with zero attached hydrogens (tertiary/aromatic N) is 1. The van der Waals surface area contributed by atoms with Crippen LogP contribution in [-0.2, 0) is 9.47 Å². The molecule has 0 radical (unpaired) electrons. The highest BCUT2D eigenvalue weighted by Gasteiger charge is 2.52. The molecule has 2 aliphatic heterocycles. The van der Waals surface area contributed by atoms with Crippen molar-refractivity contribution in [1.82, 2.24) is 10.2 Å². The number of unbranched alkanes of at least 4 members (excludes halogenated alkanes) is 1. The molecular weight excluding hydrogens is 232 g/mol. The van der Waals surface area contributed by atoms with E-state index in [0.29, 0.717) is 13.2 Å². The van der Waals surface area contributed by atoms with Gasteiger partial charge in [0.15, 0.2) is 0 Å². The maximum absolute atomic E-state index is 12.2. The zero-order chi connectivity index (χ0) is 13.0. The van der Waals surface area contributed by atoms with Gasteiger partial charge < -0.3 is 14.8 Å². The summed E-state index contributed by atoms with van der Waals surface area (Å²) >= 11 is 0. The van der Waals surface area contributed by atoms with E-state index in [1.165, 1.54) is 0 Å². The van der Waals surface area contributed by atoms with Gasteiger partial charge >= 0.3 is 6.09 Å². The first-order valence-electron chi connectivity index (χ1n) is 6.89. The lowest BCUT2D eigenvalue weighted by atomic mass is 9.97. The molecule has 2 rings (SSSR count). The Morgan fingerprint density at radius 3 is 3.11 bits per heavy atom. The highest BCUT2D eigenvalue weighted by atomic mass is 16.6. The fourth-order valence-electron chi connectivity index (χ4n) is 3.09. The average Bonchev–Trinajstić information content (AvgIpc) is 2.57. The van der Waals surface area contributed by atoms with Gasteiger partial charge in [-0.05, 0) is 19.3 Å². The minimum Gasteiger partial charge on any atom is -0.449 e. The minimum atomic E-state index is -0.193. The molecule has 1 N–H and O–H groups in total. The molecular formula is C13H24N2O3. The largest absolute Gasteiger partial charge is 0.449 e. The fourth-order valence-corrected chi connectivity index (χ4v) is 3.09. The van der Waals surface area contributed by atoms with Gasteiger partial charge in [0.2, 0.25) is 0 Å². The molecule has 1 amide bonds. The van der Waals surface area contributed by atoms with Crippen molar-refractivity contribution in [3.05, 3.63) is 0 Å². The van der Waals surface area contributed by atoms with Crippen LogP contribution in [0, 0.1) is 0 Å². The van der Waals surface area contributed by atoms with Gasteiger partial charge in [-0.25, -0.2) is 4.79 Å². The number of carbonyl (C=O) groups excluding carboxylic acids is 1. The SMILES string of the molecule is CCCCOC(=O)N1C2CCC1(COC)CNC2. The van der Waals surface area contributed by atoms with E-state index in [-0.39, 0.29) is 17.7 Å². The predicted octanol–water partition coefficient (Wildman–Crippen LogP) is 1.38. The van der Waals surface area contributed by atoms with Gasteiger partial charge in [-0.1, -0.05) is 13.3 Å². The summed E-state index contributed by atoms with van der Waals surface area (Å²) in [6.45, 7) is 4.87. The highest BCUT2D eigenvalue weighted by Crippen LogP contribution is 2.37. The van der Waals surface area contributed by atoms with Gasteiger partial charge in [-0.15, -0.1) is 0 Å². The van der Waals surface area contributed by atoms with Crippen molar-refractivity contribution >= 4 is 6.09 Å². The van der Waals surface area contributed by atoms with Crippen molar-refractivity contribution in [1.29, 1.82) is 0 Å². The summed E-state index contributed by atoms with van der Waals surface area (Å²) in [6.07, 6.45) is 3.85. The molecule has 0 aromatic rings. The lowest BCUT2D eigenvalue weighted by molar-refractivity contribution is -0.00186. The molecule has 0 aliphatic carbocycles. The van der Waals surface area contributed by atoms with Gasteiger partial charge in [0.1, 0.15) is 0 Å². The number of rotatable bonds is 5. The number of hydrogen-bond donors (Lipinski definition) is 1. The maximum atomic E-state index is 12.2. The molecule has 104 valence electrons. The summed E-state index contributed by atoms with van der Waals surface area (Å²) in [5.41, 5.74) is -0.193. The van der Waals surface area contributed by atoms with Gasteiger partial charge in [-0.2, -0.15) is 0 Å². The monoisotopic (exact) mass is 256 g/mol. The van der Waals surface area contributed by atoms with Crippen molar-refractivity contribution in [2.75, 3.05) is 33.4 Å². The van der Waals surface area contributed by atoms with E-state index >= 15 is 0 Å². The lowest BCUT2D eigenvalue weighted by Crippen LogP contribution is -2.64. The molecule has 2 atom stereocenters. The smallest absolute Gasteiger partial charge is 0.410 e. The van der Waals surface area contributed by atoms with E-state index in [1.807, 2.05) is 4.90 Å². The number of ether oxygens (including phenoxy) is 2. The van der Waals surface area contributed by atoms with Gasteiger partial charge in [0.25, 0.3) is 0 Å². The Balaban J connectivity index is 2.02. The van der Waals surface area contributed by atoms with E-state index in [4.69, 9.17) is 9.47 Å². The molecule has 5 heteroatoms. The summed E-state index contributed by atoms with van der Waals surface area (Å²) in [6, 6.07) is 0.267. The summed E-state index contributed by atoms with van der Waals surface area (Å²) in [4.78, 5) is 14.2. The first-order valence-corrected chi connectivity index (χ1v) is 6.89. The number of fused-ring (bicyclic) bond motifs is 2. The Kier molecular flexibility index (Phi) is 4.45. The minimum absolute atomic E-state index is 0.162. The van der Waals surface area contributed by atoms with E-state index in [1.54, 1.807) is 7.11 Å². The maximum Gasteiger partial charge on any atom is 0.410 e. The van der Waals surface area contributed by atoms with E-state index < -0.39 is 0 Å². The molecule has 0 saturated carbocycles. The zero-order valence-corrected chi connectivity index (χ0v) is 11.4. The standard InChI is InChI=1S/C13H24N2O3/c1-3-4-7-18-12(16)15-11-5-6-13(15,10-17-2)9-14-8-11/h11,14H,3-10H2,1-2H3. The van der Waals surface area contributed by atoms with Crippen LogP contribution in [0.3, 0.4) is 0 Å². The van der Waals surface area contributed by atoms with Crippen molar-refractivity contribution in [3.63, 3.8) is 0 Å². The normalized spacial score (nSPS) is 30.6. The third kappa shape index (κ3) is 2.47. The number of hydrogen-bond acceptors (Lipinski definition) is 4. The van der Waals surface area contributed by atoms with Crippen molar-refractivity contribution < 1.29 is 14.3 Å².